The maximum absolute atomic E-state index is 13.1. The van der Waals surface area contributed by atoms with E-state index in [1.165, 1.54) is 6.21 Å². The highest BCUT2D eigenvalue weighted by Gasteiger charge is 2.44. The SMILES string of the molecule is N=Cc1ccnc(-c2cn([C@H]3C[C@H](CNc4ccc5c(c4)C(=O)N(C4CCC(=O)NC4=O)C5=O)C3)nc2C2CC2)c1N. The summed E-state index contributed by atoms with van der Waals surface area (Å²) >= 11 is 0. The number of rotatable bonds is 8. The van der Waals surface area contributed by atoms with Crippen molar-refractivity contribution in [3.63, 3.8) is 0 Å². The van der Waals surface area contributed by atoms with Crippen LogP contribution in [0.5, 0.6) is 0 Å². The number of imide groups is 2. The fraction of sp³-hybridized carbons (Fsp3) is 0.367. The number of carbonyl (C=O) groups excluding carboxylic acids is 4. The van der Waals surface area contributed by atoms with Crippen LogP contribution in [0.1, 0.15) is 82.5 Å². The first-order valence-electron chi connectivity index (χ1n) is 14.3. The van der Waals surface area contributed by atoms with Crippen LogP contribution < -0.4 is 16.4 Å². The van der Waals surface area contributed by atoms with Gasteiger partial charge in [0.1, 0.15) is 6.04 Å². The monoisotopic (exact) mass is 566 g/mol. The number of piperidine rings is 1. The van der Waals surface area contributed by atoms with Gasteiger partial charge in [0.25, 0.3) is 11.8 Å². The van der Waals surface area contributed by atoms with E-state index in [0.717, 1.165) is 47.5 Å². The predicted octanol–water partition coefficient (Wildman–Crippen LogP) is 2.87. The van der Waals surface area contributed by atoms with Gasteiger partial charge < -0.3 is 16.5 Å². The summed E-state index contributed by atoms with van der Waals surface area (Å²) < 4.78 is 2.04. The van der Waals surface area contributed by atoms with E-state index in [-0.39, 0.29) is 30.0 Å². The standard InChI is InChI=1S/C30H30N8O4/c31-12-17-7-8-33-27(25(17)32)22-14-37(36-26(22)16-1-2-16)19-9-15(10-19)13-34-18-3-4-20-21(11-18)30(42)38(29(20)41)23-5-6-24(39)35-28(23)40/h3-4,7-8,11-12,14-16,19,23,31,34H,1-2,5-6,9-10,13,32H2,(H,35,39,40)/t15-,19-,23?. The first-order chi connectivity index (χ1) is 20.3. The van der Waals surface area contributed by atoms with E-state index in [2.05, 4.69) is 15.6 Å². The molecular weight excluding hydrogens is 536 g/mol. The van der Waals surface area contributed by atoms with Crippen molar-refractivity contribution in [2.45, 2.75) is 56.5 Å². The van der Waals surface area contributed by atoms with Crippen LogP contribution in [0.15, 0.2) is 36.7 Å². The van der Waals surface area contributed by atoms with E-state index in [1.807, 2.05) is 10.9 Å². The average Bonchev–Trinajstić information content (AvgIpc) is 3.67. The minimum absolute atomic E-state index is 0.0869. The summed E-state index contributed by atoms with van der Waals surface area (Å²) in [6, 6.07) is 6.07. The molecule has 0 bridgehead atoms. The third kappa shape index (κ3) is 4.34. The number of anilines is 2. The van der Waals surface area contributed by atoms with Crippen molar-refractivity contribution in [3.05, 3.63) is 59.0 Å². The number of hydrogen-bond acceptors (Lipinski definition) is 9. The number of nitrogens with two attached hydrogens (primary N) is 1. The summed E-state index contributed by atoms with van der Waals surface area (Å²) in [5.41, 5.74) is 11.4. The summed E-state index contributed by atoms with van der Waals surface area (Å²) in [6.45, 7) is 0.702. The molecule has 2 aliphatic carbocycles. The Balaban J connectivity index is 1.00. The molecule has 4 heterocycles. The zero-order chi connectivity index (χ0) is 29.1. The second kappa shape index (κ2) is 9.89. The van der Waals surface area contributed by atoms with Crippen molar-refractivity contribution in [2.75, 3.05) is 17.6 Å². The zero-order valence-electron chi connectivity index (χ0n) is 22.8. The molecule has 1 atom stereocenters. The minimum atomic E-state index is -0.978. The first-order valence-corrected chi connectivity index (χ1v) is 14.3. The Labute approximate surface area is 241 Å². The second-order valence-electron chi connectivity index (χ2n) is 11.6. The molecule has 1 saturated heterocycles. The number of aromatic nitrogens is 3. The largest absolute Gasteiger partial charge is 0.396 e. The van der Waals surface area contributed by atoms with Crippen molar-refractivity contribution < 1.29 is 19.2 Å². The Morgan fingerprint density at radius 1 is 1.05 bits per heavy atom. The van der Waals surface area contributed by atoms with Crippen LogP contribution in [-0.4, -0.2) is 62.1 Å². The van der Waals surface area contributed by atoms with E-state index in [9.17, 15) is 19.2 Å². The average molecular weight is 567 g/mol. The number of carbonyl (C=O) groups is 4. The third-order valence-electron chi connectivity index (χ3n) is 8.78. The number of benzene rings is 1. The Bertz CT molecular complexity index is 1670. The fourth-order valence-corrected chi connectivity index (χ4v) is 6.19. The van der Waals surface area contributed by atoms with Gasteiger partial charge in [0.2, 0.25) is 11.8 Å². The van der Waals surface area contributed by atoms with Gasteiger partial charge >= 0.3 is 0 Å². The van der Waals surface area contributed by atoms with Crippen LogP contribution in [0.4, 0.5) is 11.4 Å². The van der Waals surface area contributed by atoms with Gasteiger partial charge in [-0.05, 0) is 62.3 Å². The van der Waals surface area contributed by atoms with Crippen LogP contribution in [-0.2, 0) is 9.59 Å². The van der Waals surface area contributed by atoms with E-state index in [1.54, 1.807) is 30.5 Å². The van der Waals surface area contributed by atoms with Gasteiger partial charge in [-0.1, -0.05) is 0 Å². The molecule has 2 aromatic heterocycles. The van der Waals surface area contributed by atoms with Gasteiger partial charge in [0.05, 0.1) is 34.2 Å². The maximum Gasteiger partial charge on any atom is 0.262 e. The molecule has 1 aromatic carbocycles. The number of nitrogens with one attached hydrogen (secondary N) is 3. The molecule has 2 aliphatic heterocycles. The molecule has 1 unspecified atom stereocenters. The smallest absolute Gasteiger partial charge is 0.262 e. The zero-order valence-corrected chi connectivity index (χ0v) is 22.8. The summed E-state index contributed by atoms with van der Waals surface area (Å²) in [4.78, 5) is 55.4. The van der Waals surface area contributed by atoms with E-state index < -0.39 is 29.7 Å². The van der Waals surface area contributed by atoms with Crippen LogP contribution in [0.25, 0.3) is 11.3 Å². The van der Waals surface area contributed by atoms with Crippen molar-refractivity contribution in [3.8, 4) is 11.3 Å². The summed E-state index contributed by atoms with van der Waals surface area (Å²) in [7, 11) is 0. The molecule has 0 radical (unpaired) electrons. The minimum Gasteiger partial charge on any atom is -0.396 e. The maximum atomic E-state index is 13.1. The Morgan fingerprint density at radius 3 is 2.57 bits per heavy atom. The van der Waals surface area contributed by atoms with Crippen LogP contribution in [0.3, 0.4) is 0 Å². The van der Waals surface area contributed by atoms with Crippen LogP contribution in [0.2, 0.25) is 0 Å². The highest BCUT2D eigenvalue weighted by Crippen LogP contribution is 2.46. The Kier molecular flexibility index (Phi) is 6.14. The number of fused-ring (bicyclic) bond motifs is 1. The van der Waals surface area contributed by atoms with Crippen LogP contribution in [0, 0.1) is 11.3 Å². The number of amides is 4. The number of nitrogens with zero attached hydrogens (tertiary/aromatic N) is 4. The summed E-state index contributed by atoms with van der Waals surface area (Å²) in [6.07, 6.45) is 9.27. The highest BCUT2D eigenvalue weighted by molar-refractivity contribution is 6.23. The lowest BCUT2D eigenvalue weighted by Gasteiger charge is -2.35. The molecule has 2 saturated carbocycles. The molecule has 12 nitrogen and oxygen atoms in total. The molecule has 0 spiro atoms. The Hall–Kier alpha value is -4.87. The lowest BCUT2D eigenvalue weighted by atomic mass is 9.80. The molecular formula is C30H30N8O4. The van der Waals surface area contributed by atoms with Gasteiger partial charge in [0.15, 0.2) is 0 Å². The summed E-state index contributed by atoms with van der Waals surface area (Å²) in [5.74, 6) is -1.22. The predicted molar refractivity (Wildman–Crippen MR) is 153 cm³/mol. The topological polar surface area (TPSA) is 176 Å². The molecule has 42 heavy (non-hydrogen) atoms. The number of pyridine rings is 1. The van der Waals surface area contributed by atoms with Gasteiger partial charge in [-0.25, -0.2) is 0 Å². The normalized spacial score (nSPS) is 23.4. The highest BCUT2D eigenvalue weighted by atomic mass is 16.2. The molecule has 7 rings (SSSR count). The molecule has 3 aromatic rings. The van der Waals surface area contributed by atoms with Crippen molar-refractivity contribution in [1.82, 2.24) is 25.0 Å². The lowest BCUT2D eigenvalue weighted by Crippen LogP contribution is -2.54. The molecule has 12 heteroatoms. The van der Waals surface area contributed by atoms with E-state index in [4.69, 9.17) is 16.2 Å². The van der Waals surface area contributed by atoms with E-state index >= 15 is 0 Å². The molecule has 214 valence electrons. The van der Waals surface area contributed by atoms with Crippen molar-refractivity contribution in [2.24, 2.45) is 5.92 Å². The third-order valence-corrected chi connectivity index (χ3v) is 8.78. The molecule has 5 N–H and O–H groups in total. The van der Waals surface area contributed by atoms with E-state index in [0.29, 0.717) is 35.3 Å². The second-order valence-corrected chi connectivity index (χ2v) is 11.6. The quantitative estimate of drug-likeness (QED) is 0.238. The molecule has 3 fully saturated rings. The van der Waals surface area contributed by atoms with Crippen molar-refractivity contribution in [1.29, 1.82) is 5.41 Å². The summed E-state index contributed by atoms with van der Waals surface area (Å²) in [5, 5.41) is 18.2. The van der Waals surface area contributed by atoms with Crippen LogP contribution >= 0.6 is 0 Å². The molecule has 4 aliphatic rings. The van der Waals surface area contributed by atoms with Gasteiger partial charge in [-0.3, -0.25) is 39.1 Å². The fourth-order valence-electron chi connectivity index (χ4n) is 6.19. The number of hydrogen-bond donors (Lipinski definition) is 4. The van der Waals surface area contributed by atoms with Gasteiger partial charge in [-0.15, -0.1) is 0 Å². The number of nitrogen functional groups attached to an aromatic ring is 1. The first kappa shape index (κ1) is 26.1. The van der Waals surface area contributed by atoms with Gasteiger partial charge in [-0.2, -0.15) is 5.10 Å². The van der Waals surface area contributed by atoms with Crippen molar-refractivity contribution >= 4 is 41.2 Å². The Morgan fingerprint density at radius 2 is 1.83 bits per heavy atom. The van der Waals surface area contributed by atoms with Gasteiger partial charge in [0, 0.05) is 54.3 Å². The molecule has 4 amide bonds. The lowest BCUT2D eigenvalue weighted by molar-refractivity contribution is -0.136.